The number of hydrogen-bond donors (Lipinski definition) is 1. The van der Waals surface area contributed by atoms with Crippen LogP contribution < -0.4 is 10.2 Å². The van der Waals surface area contributed by atoms with E-state index in [-0.39, 0.29) is 41.2 Å². The summed E-state index contributed by atoms with van der Waals surface area (Å²) in [4.78, 5) is 73.5. The molecule has 2 aromatic heterocycles. The van der Waals surface area contributed by atoms with E-state index >= 15 is 0 Å². The van der Waals surface area contributed by atoms with Crippen molar-refractivity contribution in [1.82, 2.24) is 39.9 Å². The van der Waals surface area contributed by atoms with E-state index in [4.69, 9.17) is 4.42 Å². The highest BCUT2D eigenvalue weighted by molar-refractivity contribution is 6.01. The summed E-state index contributed by atoms with van der Waals surface area (Å²) in [7, 11) is 3.36. The Labute approximate surface area is 355 Å². The number of anilines is 1. The average Bonchev–Trinajstić information content (AvgIpc) is 3.98. The number of aryl methyl sites for hydroxylation is 1. The largest absolute Gasteiger partial charge is 0.450 e. The summed E-state index contributed by atoms with van der Waals surface area (Å²) in [5.74, 6) is 5.93. The minimum absolute atomic E-state index is 0.0469. The summed E-state index contributed by atoms with van der Waals surface area (Å²) in [6.07, 6.45) is 10.1. The van der Waals surface area contributed by atoms with Crippen molar-refractivity contribution in [1.29, 1.82) is 0 Å². The van der Waals surface area contributed by atoms with E-state index in [1.807, 2.05) is 34.1 Å². The summed E-state index contributed by atoms with van der Waals surface area (Å²) in [5.41, 5.74) is 5.17. The van der Waals surface area contributed by atoms with Crippen molar-refractivity contribution in [3.05, 3.63) is 83.4 Å². The standard InChI is InChI=1S/C46H53N9O6/c1-50(2)46(60)40-30-36-29-35(34-7-5-19-54(31-34)43(58)17-22-55-23-18-47-49-55)28-33(44(36)61-40)6-3-4-8-42(57)53-20-15-38(16-21-53)52-26-24-51(25-27-52)37-11-9-32(10-12-37)39-13-14-41(56)48-45(39)59/h7,9-12,18,23,28-30,38-39H,4-5,8,13-17,19-22,24-27,31H2,1-2H3,(H,48,56,59). The van der Waals surface area contributed by atoms with Crippen LogP contribution >= 0.6 is 0 Å². The van der Waals surface area contributed by atoms with Gasteiger partial charge in [0.15, 0.2) is 11.3 Å². The van der Waals surface area contributed by atoms with Gasteiger partial charge in [0.1, 0.15) is 0 Å². The van der Waals surface area contributed by atoms with Gasteiger partial charge in [-0.25, -0.2) is 0 Å². The normalized spacial score (nSPS) is 19.0. The highest BCUT2D eigenvalue weighted by Gasteiger charge is 2.31. The molecule has 1 N–H and O–H groups in total. The molecule has 4 aliphatic heterocycles. The molecule has 6 heterocycles. The number of carbonyl (C=O) groups is 5. The SMILES string of the molecule is CN(C)C(=O)c1cc2cc(C3=CCCN(C(=O)CCn4ccnn4)C3)cc(C#CCCC(=O)N3CCC(N4CCN(c5ccc(C6CCC(=O)NC6=O)cc5)CC4)CC3)c2o1. The number of aromatic nitrogens is 3. The molecule has 8 rings (SSSR count). The van der Waals surface area contributed by atoms with E-state index < -0.39 is 0 Å². The summed E-state index contributed by atoms with van der Waals surface area (Å²) in [6, 6.07) is 14.3. The predicted molar refractivity (Wildman–Crippen MR) is 229 cm³/mol. The van der Waals surface area contributed by atoms with Crippen LogP contribution in [-0.4, -0.2) is 137 Å². The number of imide groups is 1. The van der Waals surface area contributed by atoms with Crippen LogP contribution in [0.2, 0.25) is 0 Å². The van der Waals surface area contributed by atoms with Crippen molar-refractivity contribution in [2.75, 3.05) is 71.4 Å². The molecule has 5 amide bonds. The lowest BCUT2D eigenvalue weighted by Crippen LogP contribution is -2.53. The van der Waals surface area contributed by atoms with Gasteiger partial charge in [-0.3, -0.25) is 38.9 Å². The molecule has 0 aliphatic carbocycles. The van der Waals surface area contributed by atoms with E-state index in [2.05, 4.69) is 55.5 Å². The molecule has 61 heavy (non-hydrogen) atoms. The fourth-order valence-electron chi connectivity index (χ4n) is 8.88. The van der Waals surface area contributed by atoms with Gasteiger partial charge >= 0.3 is 0 Å². The van der Waals surface area contributed by atoms with Crippen LogP contribution in [0.1, 0.15) is 84.5 Å². The quantitative estimate of drug-likeness (QED) is 0.184. The van der Waals surface area contributed by atoms with Gasteiger partial charge in [0.25, 0.3) is 5.91 Å². The van der Waals surface area contributed by atoms with E-state index in [1.54, 1.807) is 37.2 Å². The Morgan fingerprint density at radius 1 is 0.902 bits per heavy atom. The van der Waals surface area contributed by atoms with Crippen LogP contribution in [0.3, 0.4) is 0 Å². The van der Waals surface area contributed by atoms with Crippen molar-refractivity contribution in [3.63, 3.8) is 0 Å². The Bertz CT molecular complexity index is 2360. The van der Waals surface area contributed by atoms with Crippen LogP contribution in [0.5, 0.6) is 0 Å². The zero-order chi connectivity index (χ0) is 42.5. The van der Waals surface area contributed by atoms with Gasteiger partial charge in [0.2, 0.25) is 23.6 Å². The molecule has 15 nitrogen and oxygen atoms in total. The van der Waals surface area contributed by atoms with E-state index in [0.717, 1.165) is 86.3 Å². The van der Waals surface area contributed by atoms with Crippen molar-refractivity contribution in [3.8, 4) is 11.8 Å². The van der Waals surface area contributed by atoms with Crippen LogP contribution in [0.15, 0.2) is 65.4 Å². The number of nitrogens with zero attached hydrogens (tertiary/aromatic N) is 8. The number of amides is 5. The predicted octanol–water partition coefficient (Wildman–Crippen LogP) is 3.90. The Balaban J connectivity index is 0.838. The summed E-state index contributed by atoms with van der Waals surface area (Å²) < 4.78 is 7.74. The van der Waals surface area contributed by atoms with Gasteiger partial charge in [-0.1, -0.05) is 35.3 Å². The van der Waals surface area contributed by atoms with Gasteiger partial charge < -0.3 is 24.0 Å². The first-order chi connectivity index (χ1) is 29.6. The second-order valence-electron chi connectivity index (χ2n) is 16.5. The molecule has 0 spiro atoms. The molecule has 15 heteroatoms. The first-order valence-corrected chi connectivity index (χ1v) is 21.4. The second-order valence-corrected chi connectivity index (χ2v) is 16.5. The van der Waals surface area contributed by atoms with Crippen LogP contribution in [0.4, 0.5) is 5.69 Å². The maximum Gasteiger partial charge on any atom is 0.289 e. The molecular formula is C46H53N9O6. The van der Waals surface area contributed by atoms with Crippen molar-refractivity contribution >= 4 is 51.8 Å². The number of piperidine rings is 2. The lowest BCUT2D eigenvalue weighted by Gasteiger charge is -2.43. The molecule has 0 saturated carbocycles. The zero-order valence-electron chi connectivity index (χ0n) is 35.0. The minimum atomic E-state index is -0.275. The number of benzene rings is 2. The molecular weight excluding hydrogens is 775 g/mol. The topological polar surface area (TPSA) is 157 Å². The fraction of sp³-hybridized carbons (Fsp3) is 0.457. The molecule has 2 aromatic carbocycles. The molecule has 4 aromatic rings. The van der Waals surface area contributed by atoms with Crippen LogP contribution in [0, 0.1) is 11.8 Å². The van der Waals surface area contributed by atoms with Gasteiger partial charge in [0, 0.05) is 115 Å². The van der Waals surface area contributed by atoms with E-state index in [1.165, 1.54) is 4.90 Å². The van der Waals surface area contributed by atoms with E-state index in [0.29, 0.717) is 68.9 Å². The maximum atomic E-state index is 13.4. The Morgan fingerprint density at radius 3 is 2.39 bits per heavy atom. The van der Waals surface area contributed by atoms with Gasteiger partial charge in [0.05, 0.1) is 24.2 Å². The smallest absolute Gasteiger partial charge is 0.289 e. The zero-order valence-corrected chi connectivity index (χ0v) is 35.0. The Morgan fingerprint density at radius 2 is 1.67 bits per heavy atom. The van der Waals surface area contributed by atoms with Crippen LogP contribution in [-0.2, 0) is 25.7 Å². The highest BCUT2D eigenvalue weighted by Crippen LogP contribution is 2.31. The first-order valence-electron chi connectivity index (χ1n) is 21.4. The molecule has 0 bridgehead atoms. The monoisotopic (exact) mass is 827 g/mol. The van der Waals surface area contributed by atoms with Crippen molar-refractivity contribution in [2.24, 2.45) is 0 Å². The molecule has 4 aliphatic rings. The maximum absolute atomic E-state index is 13.4. The van der Waals surface area contributed by atoms with Gasteiger partial charge in [-0.05, 0) is 72.7 Å². The average molecular weight is 828 g/mol. The van der Waals surface area contributed by atoms with Crippen molar-refractivity contribution < 1.29 is 28.4 Å². The summed E-state index contributed by atoms with van der Waals surface area (Å²) in [6.45, 7) is 6.76. The van der Waals surface area contributed by atoms with Gasteiger partial charge in [-0.15, -0.1) is 5.10 Å². The third-order valence-corrected chi connectivity index (χ3v) is 12.4. The number of rotatable bonds is 10. The molecule has 0 radical (unpaired) electrons. The molecule has 318 valence electrons. The molecule has 1 unspecified atom stereocenters. The number of carbonyl (C=O) groups excluding carboxylic acids is 5. The number of likely N-dealkylation sites (tertiary alicyclic amines) is 1. The third kappa shape index (κ3) is 9.70. The molecule has 3 saturated heterocycles. The highest BCUT2D eigenvalue weighted by atomic mass is 16.3. The fourth-order valence-corrected chi connectivity index (χ4v) is 8.88. The lowest BCUT2D eigenvalue weighted by atomic mass is 9.90. The minimum Gasteiger partial charge on any atom is -0.450 e. The Hall–Kier alpha value is -6.27. The summed E-state index contributed by atoms with van der Waals surface area (Å²) in [5, 5.41) is 11.0. The number of nitrogens with one attached hydrogen (secondary N) is 1. The van der Waals surface area contributed by atoms with Gasteiger partial charge in [-0.2, -0.15) is 0 Å². The van der Waals surface area contributed by atoms with Crippen molar-refractivity contribution in [2.45, 2.75) is 69.9 Å². The van der Waals surface area contributed by atoms with Crippen LogP contribution in [0.25, 0.3) is 16.5 Å². The second kappa shape index (κ2) is 18.6. The Kier molecular flexibility index (Phi) is 12.6. The number of fused-ring (bicyclic) bond motifs is 1. The number of hydrogen-bond acceptors (Lipinski definition) is 10. The van der Waals surface area contributed by atoms with E-state index in [9.17, 15) is 24.0 Å². The number of piperazine rings is 1. The number of furan rings is 1. The molecule has 3 fully saturated rings. The molecule has 1 atom stereocenters. The lowest BCUT2D eigenvalue weighted by molar-refractivity contribution is -0.135. The summed E-state index contributed by atoms with van der Waals surface area (Å²) >= 11 is 0. The first kappa shape index (κ1) is 41.5. The third-order valence-electron chi connectivity index (χ3n) is 12.4.